The molecule has 1 rings (SSSR count). The minimum atomic E-state index is 0.235. The lowest BCUT2D eigenvalue weighted by molar-refractivity contribution is 0.0773. The molecule has 4 nitrogen and oxygen atoms in total. The topological polar surface area (TPSA) is 58.5 Å². The highest BCUT2D eigenvalue weighted by molar-refractivity contribution is 4.82. The second-order valence-corrected chi connectivity index (χ2v) is 7.29. The number of hydrogen-bond acceptors (Lipinski definition) is 4. The maximum atomic E-state index is 5.80. The maximum absolute atomic E-state index is 5.80. The first-order valence-electron chi connectivity index (χ1n) is 7.13. The quantitative estimate of drug-likeness (QED) is 0.730. The summed E-state index contributed by atoms with van der Waals surface area (Å²) in [7, 11) is 0. The first kappa shape index (κ1) is 15.9. The average molecular weight is 256 g/mol. The van der Waals surface area contributed by atoms with E-state index in [-0.39, 0.29) is 10.8 Å². The van der Waals surface area contributed by atoms with Crippen molar-refractivity contribution in [2.75, 3.05) is 52.4 Å². The maximum Gasteiger partial charge on any atom is 0.0110 e. The summed E-state index contributed by atoms with van der Waals surface area (Å²) in [6.45, 7) is 17.3. The molecule has 0 saturated carbocycles. The van der Waals surface area contributed by atoms with Crippen LogP contribution in [0.3, 0.4) is 0 Å². The fourth-order valence-corrected chi connectivity index (χ4v) is 2.45. The van der Waals surface area contributed by atoms with Gasteiger partial charge in [0.05, 0.1) is 0 Å². The largest absolute Gasteiger partial charge is 0.330 e. The van der Waals surface area contributed by atoms with E-state index in [1.165, 1.54) is 0 Å². The van der Waals surface area contributed by atoms with Crippen LogP contribution in [0.15, 0.2) is 0 Å². The molecule has 0 atom stereocenters. The van der Waals surface area contributed by atoms with Crippen molar-refractivity contribution in [1.29, 1.82) is 0 Å². The molecule has 4 heteroatoms. The fourth-order valence-electron chi connectivity index (χ4n) is 2.45. The van der Waals surface area contributed by atoms with Crippen LogP contribution in [0.5, 0.6) is 0 Å². The zero-order chi connectivity index (χ0) is 13.8. The standard InChI is InChI=1S/C14H32N4/c1-13(2,9-15)11-17-5-7-18(8-6-17)12-14(3,4)10-16/h5-12,15-16H2,1-4H3. The smallest absolute Gasteiger partial charge is 0.0110 e. The van der Waals surface area contributed by atoms with Crippen LogP contribution in [0.1, 0.15) is 27.7 Å². The number of piperazine rings is 1. The van der Waals surface area contributed by atoms with Crippen molar-refractivity contribution < 1.29 is 0 Å². The van der Waals surface area contributed by atoms with Crippen LogP contribution in [0.25, 0.3) is 0 Å². The van der Waals surface area contributed by atoms with Crippen LogP contribution in [0.4, 0.5) is 0 Å². The molecule has 0 spiro atoms. The summed E-state index contributed by atoms with van der Waals surface area (Å²) in [5.74, 6) is 0. The number of nitrogens with two attached hydrogens (primary N) is 2. The number of hydrogen-bond donors (Lipinski definition) is 2. The Kier molecular flexibility index (Phi) is 5.59. The lowest BCUT2D eigenvalue weighted by Gasteiger charge is -2.41. The van der Waals surface area contributed by atoms with Gasteiger partial charge in [0.1, 0.15) is 0 Å². The number of nitrogens with zero attached hydrogens (tertiary/aromatic N) is 2. The van der Waals surface area contributed by atoms with Crippen molar-refractivity contribution in [3.05, 3.63) is 0 Å². The van der Waals surface area contributed by atoms with E-state index in [2.05, 4.69) is 37.5 Å². The number of rotatable bonds is 6. The molecule has 1 fully saturated rings. The molecular formula is C14H32N4. The van der Waals surface area contributed by atoms with E-state index in [1.54, 1.807) is 0 Å². The Bertz CT molecular complexity index is 216. The van der Waals surface area contributed by atoms with Gasteiger partial charge in [-0.25, -0.2) is 0 Å². The zero-order valence-corrected chi connectivity index (χ0v) is 12.7. The predicted octanol–water partition coefficient (Wildman–Crippen LogP) is 0.574. The second-order valence-electron chi connectivity index (χ2n) is 7.29. The fraction of sp³-hybridized carbons (Fsp3) is 1.00. The van der Waals surface area contributed by atoms with Crippen LogP contribution in [-0.4, -0.2) is 62.2 Å². The summed E-state index contributed by atoms with van der Waals surface area (Å²) in [5.41, 5.74) is 12.1. The lowest BCUT2D eigenvalue weighted by Crippen LogP contribution is -2.52. The van der Waals surface area contributed by atoms with Crippen molar-refractivity contribution in [2.24, 2.45) is 22.3 Å². The van der Waals surface area contributed by atoms with Crippen molar-refractivity contribution in [2.45, 2.75) is 27.7 Å². The summed E-state index contributed by atoms with van der Waals surface area (Å²) < 4.78 is 0. The molecule has 0 aromatic carbocycles. The lowest BCUT2D eigenvalue weighted by atomic mass is 9.92. The van der Waals surface area contributed by atoms with Gasteiger partial charge in [0, 0.05) is 39.3 Å². The van der Waals surface area contributed by atoms with Crippen molar-refractivity contribution in [3.63, 3.8) is 0 Å². The first-order valence-corrected chi connectivity index (χ1v) is 7.13. The van der Waals surface area contributed by atoms with Gasteiger partial charge >= 0.3 is 0 Å². The van der Waals surface area contributed by atoms with Gasteiger partial charge in [-0.2, -0.15) is 0 Å². The average Bonchev–Trinajstić information content (AvgIpc) is 2.31. The molecule has 0 radical (unpaired) electrons. The Morgan fingerprint density at radius 2 is 1.00 bits per heavy atom. The van der Waals surface area contributed by atoms with Crippen molar-refractivity contribution in [1.82, 2.24) is 9.80 Å². The Balaban J connectivity index is 2.33. The Hall–Kier alpha value is -0.160. The van der Waals surface area contributed by atoms with Crippen LogP contribution in [0.2, 0.25) is 0 Å². The van der Waals surface area contributed by atoms with Crippen molar-refractivity contribution in [3.8, 4) is 0 Å². The first-order chi connectivity index (χ1) is 8.28. The van der Waals surface area contributed by atoms with Gasteiger partial charge in [-0.15, -0.1) is 0 Å². The van der Waals surface area contributed by atoms with Crippen LogP contribution in [-0.2, 0) is 0 Å². The van der Waals surface area contributed by atoms with Crippen LogP contribution < -0.4 is 11.5 Å². The molecule has 18 heavy (non-hydrogen) atoms. The van der Waals surface area contributed by atoms with Gasteiger partial charge in [-0.1, -0.05) is 27.7 Å². The van der Waals surface area contributed by atoms with Gasteiger partial charge < -0.3 is 21.3 Å². The Morgan fingerprint density at radius 3 is 1.22 bits per heavy atom. The van der Waals surface area contributed by atoms with Crippen LogP contribution >= 0.6 is 0 Å². The second kappa shape index (κ2) is 6.33. The molecule has 0 aliphatic carbocycles. The molecule has 4 N–H and O–H groups in total. The summed E-state index contributed by atoms with van der Waals surface area (Å²) in [4.78, 5) is 5.08. The molecule has 0 aromatic rings. The molecule has 1 saturated heterocycles. The van der Waals surface area contributed by atoms with Gasteiger partial charge in [-0.05, 0) is 23.9 Å². The highest BCUT2D eigenvalue weighted by Crippen LogP contribution is 2.19. The molecule has 1 aliphatic rings. The third kappa shape index (κ3) is 5.22. The van der Waals surface area contributed by atoms with Gasteiger partial charge in [-0.3, -0.25) is 0 Å². The molecule has 0 amide bonds. The van der Waals surface area contributed by atoms with Crippen LogP contribution in [0, 0.1) is 10.8 Å². The molecule has 1 aliphatic heterocycles. The highest BCUT2D eigenvalue weighted by atomic mass is 15.3. The van der Waals surface area contributed by atoms with Crippen molar-refractivity contribution >= 4 is 0 Å². The zero-order valence-electron chi connectivity index (χ0n) is 12.7. The van der Waals surface area contributed by atoms with E-state index < -0.39 is 0 Å². The molecule has 1 heterocycles. The normalized spacial score (nSPS) is 20.3. The molecular weight excluding hydrogens is 224 g/mol. The summed E-state index contributed by atoms with van der Waals surface area (Å²) >= 11 is 0. The van der Waals surface area contributed by atoms with Gasteiger partial charge in [0.25, 0.3) is 0 Å². The van der Waals surface area contributed by atoms with E-state index in [0.29, 0.717) is 0 Å². The van der Waals surface area contributed by atoms with E-state index in [0.717, 1.165) is 52.4 Å². The monoisotopic (exact) mass is 256 g/mol. The highest BCUT2D eigenvalue weighted by Gasteiger charge is 2.26. The van der Waals surface area contributed by atoms with E-state index >= 15 is 0 Å². The molecule has 0 unspecified atom stereocenters. The van der Waals surface area contributed by atoms with E-state index in [1.807, 2.05) is 0 Å². The predicted molar refractivity (Wildman–Crippen MR) is 78.6 cm³/mol. The third-order valence-electron chi connectivity index (χ3n) is 3.87. The van der Waals surface area contributed by atoms with E-state index in [4.69, 9.17) is 11.5 Å². The summed E-state index contributed by atoms with van der Waals surface area (Å²) in [5, 5.41) is 0. The summed E-state index contributed by atoms with van der Waals surface area (Å²) in [6.07, 6.45) is 0. The molecule has 0 aromatic heterocycles. The summed E-state index contributed by atoms with van der Waals surface area (Å²) in [6, 6.07) is 0. The molecule has 0 bridgehead atoms. The van der Waals surface area contributed by atoms with Gasteiger partial charge in [0.2, 0.25) is 0 Å². The third-order valence-corrected chi connectivity index (χ3v) is 3.87. The van der Waals surface area contributed by atoms with Gasteiger partial charge in [0.15, 0.2) is 0 Å². The SMILES string of the molecule is CC(C)(CN)CN1CCN(CC(C)(C)CN)CC1. The molecule has 108 valence electrons. The minimum Gasteiger partial charge on any atom is -0.330 e. The Labute approximate surface area is 113 Å². The van der Waals surface area contributed by atoms with E-state index in [9.17, 15) is 0 Å². The minimum absolute atomic E-state index is 0.235. The Morgan fingerprint density at radius 1 is 0.722 bits per heavy atom.